The second-order valence-corrected chi connectivity index (χ2v) is 7.19. The summed E-state index contributed by atoms with van der Waals surface area (Å²) in [5, 5.41) is 11.3. The van der Waals surface area contributed by atoms with E-state index in [0.29, 0.717) is 16.6 Å². The van der Waals surface area contributed by atoms with E-state index in [1.54, 1.807) is 10.9 Å². The molecule has 0 spiro atoms. The number of nitrogens with zero attached hydrogens (tertiary/aromatic N) is 4. The minimum Gasteiger partial charge on any atom is -0.368 e. The SMILES string of the molecule is CC(C)(C)n1ncc2c(-c3cccs3)nn(CC(N)=O)c(=O)c21. The molecule has 0 unspecified atom stereocenters. The highest BCUT2D eigenvalue weighted by Gasteiger charge is 2.23. The van der Waals surface area contributed by atoms with Gasteiger partial charge in [0, 0.05) is 0 Å². The summed E-state index contributed by atoms with van der Waals surface area (Å²) in [7, 11) is 0. The lowest BCUT2D eigenvalue weighted by Gasteiger charge is -2.20. The molecule has 0 fully saturated rings. The molecular weight excluding hydrogens is 314 g/mol. The average molecular weight is 331 g/mol. The first-order valence-electron chi connectivity index (χ1n) is 7.10. The van der Waals surface area contributed by atoms with Gasteiger partial charge in [0.1, 0.15) is 17.8 Å². The average Bonchev–Trinajstić information content (AvgIpc) is 3.09. The van der Waals surface area contributed by atoms with Crippen molar-refractivity contribution in [3.05, 3.63) is 34.1 Å². The van der Waals surface area contributed by atoms with Crippen LogP contribution in [0.25, 0.3) is 21.5 Å². The molecule has 1 amide bonds. The highest BCUT2D eigenvalue weighted by atomic mass is 32.1. The number of amides is 1. The van der Waals surface area contributed by atoms with Crippen molar-refractivity contribution in [2.45, 2.75) is 32.9 Å². The molecule has 0 saturated carbocycles. The predicted octanol–water partition coefficient (Wildman–Crippen LogP) is 1.56. The van der Waals surface area contributed by atoms with Crippen molar-refractivity contribution in [2.24, 2.45) is 5.73 Å². The summed E-state index contributed by atoms with van der Waals surface area (Å²) < 4.78 is 2.78. The molecule has 3 aromatic heterocycles. The van der Waals surface area contributed by atoms with Gasteiger partial charge >= 0.3 is 0 Å². The first-order chi connectivity index (χ1) is 10.8. The molecule has 0 saturated heterocycles. The fraction of sp³-hybridized carbons (Fsp3) is 0.333. The molecule has 8 heteroatoms. The smallest absolute Gasteiger partial charge is 0.293 e. The zero-order valence-electron chi connectivity index (χ0n) is 13.1. The van der Waals surface area contributed by atoms with Crippen LogP contribution in [0.2, 0.25) is 0 Å². The van der Waals surface area contributed by atoms with Crippen molar-refractivity contribution >= 4 is 28.1 Å². The van der Waals surface area contributed by atoms with Gasteiger partial charge in [-0.1, -0.05) is 6.07 Å². The van der Waals surface area contributed by atoms with E-state index in [2.05, 4.69) is 10.2 Å². The summed E-state index contributed by atoms with van der Waals surface area (Å²) in [4.78, 5) is 24.9. The molecule has 3 rings (SSSR count). The van der Waals surface area contributed by atoms with E-state index in [-0.39, 0.29) is 17.6 Å². The van der Waals surface area contributed by atoms with Crippen LogP contribution in [-0.4, -0.2) is 25.5 Å². The normalized spacial score (nSPS) is 12.0. The van der Waals surface area contributed by atoms with Crippen LogP contribution >= 0.6 is 11.3 Å². The lowest BCUT2D eigenvalue weighted by molar-refractivity contribution is -0.118. The summed E-state index contributed by atoms with van der Waals surface area (Å²) in [5.74, 6) is -0.613. The van der Waals surface area contributed by atoms with Gasteiger partial charge < -0.3 is 5.73 Å². The summed E-state index contributed by atoms with van der Waals surface area (Å²) in [6.45, 7) is 5.62. The first-order valence-corrected chi connectivity index (χ1v) is 7.98. The zero-order chi connectivity index (χ0) is 16.8. The van der Waals surface area contributed by atoms with E-state index in [1.165, 1.54) is 11.3 Å². The second kappa shape index (κ2) is 5.31. The Balaban J connectivity index is 2.40. The lowest BCUT2D eigenvalue weighted by Crippen LogP contribution is -2.33. The van der Waals surface area contributed by atoms with Gasteiger partial charge in [-0.15, -0.1) is 11.3 Å². The Hall–Kier alpha value is -2.48. The van der Waals surface area contributed by atoms with Crippen LogP contribution in [-0.2, 0) is 16.9 Å². The third-order valence-corrected chi connectivity index (χ3v) is 4.25. The van der Waals surface area contributed by atoms with Crippen molar-refractivity contribution < 1.29 is 4.79 Å². The van der Waals surface area contributed by atoms with E-state index >= 15 is 0 Å². The molecule has 0 atom stereocenters. The number of nitrogens with two attached hydrogens (primary N) is 1. The summed E-state index contributed by atoms with van der Waals surface area (Å²) in [6.07, 6.45) is 1.65. The highest BCUT2D eigenvalue weighted by molar-refractivity contribution is 7.13. The molecule has 0 aromatic carbocycles. The number of hydrogen-bond donors (Lipinski definition) is 1. The van der Waals surface area contributed by atoms with Gasteiger partial charge in [-0.05, 0) is 32.2 Å². The van der Waals surface area contributed by atoms with Gasteiger partial charge in [-0.3, -0.25) is 14.3 Å². The molecule has 3 aromatic rings. The van der Waals surface area contributed by atoms with Gasteiger partial charge in [0.2, 0.25) is 5.91 Å². The van der Waals surface area contributed by atoms with Crippen molar-refractivity contribution in [1.29, 1.82) is 0 Å². The number of rotatable bonds is 3. The van der Waals surface area contributed by atoms with E-state index in [1.807, 2.05) is 38.3 Å². The molecule has 120 valence electrons. The van der Waals surface area contributed by atoms with Gasteiger partial charge in [0.05, 0.1) is 22.0 Å². The fourth-order valence-corrected chi connectivity index (χ4v) is 3.15. The molecule has 0 bridgehead atoms. The summed E-state index contributed by atoms with van der Waals surface area (Å²) >= 11 is 1.51. The maximum atomic E-state index is 12.7. The van der Waals surface area contributed by atoms with Crippen LogP contribution < -0.4 is 11.3 Å². The number of primary amides is 1. The lowest BCUT2D eigenvalue weighted by atomic mass is 10.1. The molecule has 2 N–H and O–H groups in total. The third-order valence-electron chi connectivity index (χ3n) is 3.38. The number of aromatic nitrogens is 4. The van der Waals surface area contributed by atoms with Gasteiger partial charge in [-0.25, -0.2) is 4.68 Å². The van der Waals surface area contributed by atoms with Gasteiger partial charge in [-0.2, -0.15) is 10.2 Å². The number of carbonyl (C=O) groups excluding carboxylic acids is 1. The number of fused-ring (bicyclic) bond motifs is 1. The van der Waals surface area contributed by atoms with Crippen LogP contribution in [0.15, 0.2) is 28.5 Å². The molecule has 7 nitrogen and oxygen atoms in total. The second-order valence-electron chi connectivity index (χ2n) is 6.24. The molecular formula is C15H17N5O2S. The van der Waals surface area contributed by atoms with Gasteiger partial charge in [0.15, 0.2) is 0 Å². The third kappa shape index (κ3) is 2.65. The van der Waals surface area contributed by atoms with Crippen LogP contribution in [0.5, 0.6) is 0 Å². The van der Waals surface area contributed by atoms with Crippen molar-refractivity contribution in [2.75, 3.05) is 0 Å². The molecule has 3 heterocycles. The van der Waals surface area contributed by atoms with Crippen molar-refractivity contribution in [1.82, 2.24) is 19.6 Å². The Labute approximate surface area is 136 Å². The van der Waals surface area contributed by atoms with E-state index in [9.17, 15) is 9.59 Å². The Kier molecular flexibility index (Phi) is 3.56. The van der Waals surface area contributed by atoms with Crippen molar-refractivity contribution in [3.8, 4) is 10.6 Å². The van der Waals surface area contributed by atoms with E-state index < -0.39 is 5.91 Å². The quantitative estimate of drug-likeness (QED) is 0.788. The standard InChI is InChI=1S/C15H17N5O2S/c1-15(2,3)20-13-9(7-17-20)12(10-5-4-6-23-10)18-19(14(13)22)8-11(16)21/h4-7H,8H2,1-3H3,(H2,16,21). The monoisotopic (exact) mass is 331 g/mol. The Morgan fingerprint density at radius 3 is 2.70 bits per heavy atom. The molecule has 0 aliphatic carbocycles. The van der Waals surface area contributed by atoms with Crippen LogP contribution in [0.4, 0.5) is 0 Å². The molecule has 23 heavy (non-hydrogen) atoms. The Morgan fingerprint density at radius 2 is 2.13 bits per heavy atom. The highest BCUT2D eigenvalue weighted by Crippen LogP contribution is 2.30. The van der Waals surface area contributed by atoms with Crippen LogP contribution in [0.1, 0.15) is 20.8 Å². The van der Waals surface area contributed by atoms with Crippen LogP contribution in [0, 0.1) is 0 Å². The van der Waals surface area contributed by atoms with E-state index in [4.69, 9.17) is 5.73 Å². The summed E-state index contributed by atoms with van der Waals surface area (Å²) in [6, 6.07) is 3.82. The first kappa shape index (κ1) is 15.4. The number of carbonyl (C=O) groups is 1. The minimum absolute atomic E-state index is 0.261. The maximum Gasteiger partial charge on any atom is 0.293 e. The molecule has 0 radical (unpaired) electrons. The topological polar surface area (TPSA) is 95.8 Å². The number of thiophene rings is 1. The molecule has 0 aliphatic rings. The zero-order valence-corrected chi connectivity index (χ0v) is 13.9. The fourth-order valence-electron chi connectivity index (χ4n) is 2.43. The minimum atomic E-state index is -0.613. The van der Waals surface area contributed by atoms with Gasteiger partial charge in [0.25, 0.3) is 5.56 Å². The van der Waals surface area contributed by atoms with Crippen molar-refractivity contribution in [3.63, 3.8) is 0 Å². The molecule has 0 aliphatic heterocycles. The van der Waals surface area contributed by atoms with Crippen LogP contribution in [0.3, 0.4) is 0 Å². The summed E-state index contributed by atoms with van der Waals surface area (Å²) in [5.41, 5.74) is 5.56. The number of hydrogen-bond acceptors (Lipinski definition) is 5. The largest absolute Gasteiger partial charge is 0.368 e. The Bertz CT molecular complexity index is 931. The Morgan fingerprint density at radius 1 is 1.39 bits per heavy atom. The maximum absolute atomic E-state index is 12.7. The predicted molar refractivity (Wildman–Crippen MR) is 89.3 cm³/mol. The van der Waals surface area contributed by atoms with E-state index in [0.717, 1.165) is 9.56 Å².